The number of methoxy groups -OCH3 is 2. The Kier molecular flexibility index (Phi) is 9.23. The summed E-state index contributed by atoms with van der Waals surface area (Å²) in [7, 11) is 7.06. The van der Waals surface area contributed by atoms with Gasteiger partial charge in [-0.15, -0.1) is 0 Å². The van der Waals surface area contributed by atoms with Crippen LogP contribution in [-0.2, 0) is 18.9 Å². The Balaban J connectivity index is 3.55. The molecule has 0 aliphatic rings. The number of hydrogen-bond acceptors (Lipinski definition) is 5. The summed E-state index contributed by atoms with van der Waals surface area (Å²) < 4.78 is 20.6. The minimum atomic E-state index is -0.333. The highest BCUT2D eigenvalue weighted by atomic mass is 16.7. The molecule has 5 nitrogen and oxygen atoms in total. The molecule has 0 radical (unpaired) electrons. The predicted octanol–water partition coefficient (Wildman–Crippen LogP) is 0.158. The van der Waals surface area contributed by atoms with E-state index in [4.69, 9.17) is 18.9 Å². The standard InChI is InChI=1S/C9H21NO4/c1-10(2)9(13-7-5-11-3)14-8-6-12-4/h9H,5-8H2,1-4H3. The summed E-state index contributed by atoms with van der Waals surface area (Å²) in [5, 5.41) is 0. The molecule has 0 aromatic rings. The third-order valence-corrected chi connectivity index (χ3v) is 1.52. The third kappa shape index (κ3) is 7.23. The van der Waals surface area contributed by atoms with E-state index in [1.165, 1.54) is 0 Å². The Morgan fingerprint density at radius 1 is 0.857 bits per heavy atom. The Bertz CT molecular complexity index is 111. The zero-order chi connectivity index (χ0) is 10.8. The van der Waals surface area contributed by atoms with Gasteiger partial charge in [0.15, 0.2) is 0 Å². The summed E-state index contributed by atoms with van der Waals surface area (Å²) in [4.78, 5) is 1.85. The van der Waals surface area contributed by atoms with E-state index in [-0.39, 0.29) is 6.41 Å². The molecule has 0 unspecified atom stereocenters. The van der Waals surface area contributed by atoms with Crippen molar-refractivity contribution in [1.29, 1.82) is 0 Å². The molecule has 0 N–H and O–H groups in total. The maximum atomic E-state index is 5.41. The smallest absolute Gasteiger partial charge is 0.218 e. The van der Waals surface area contributed by atoms with Crippen LogP contribution in [0.15, 0.2) is 0 Å². The lowest BCUT2D eigenvalue weighted by atomic mass is 10.7. The first-order valence-corrected chi connectivity index (χ1v) is 4.60. The van der Waals surface area contributed by atoms with Gasteiger partial charge in [0.25, 0.3) is 0 Å². The Labute approximate surface area is 85.9 Å². The number of nitrogens with zero attached hydrogens (tertiary/aromatic N) is 1. The zero-order valence-corrected chi connectivity index (χ0v) is 9.49. The first kappa shape index (κ1) is 13.8. The van der Waals surface area contributed by atoms with Gasteiger partial charge in [0.05, 0.1) is 26.4 Å². The van der Waals surface area contributed by atoms with Gasteiger partial charge in [0.1, 0.15) is 0 Å². The summed E-state index contributed by atoms with van der Waals surface area (Å²) in [6.07, 6.45) is -0.333. The van der Waals surface area contributed by atoms with Crippen LogP contribution in [0.5, 0.6) is 0 Å². The Morgan fingerprint density at radius 2 is 1.29 bits per heavy atom. The van der Waals surface area contributed by atoms with E-state index in [1.54, 1.807) is 14.2 Å². The van der Waals surface area contributed by atoms with Crippen molar-refractivity contribution in [1.82, 2.24) is 4.90 Å². The molecule has 14 heavy (non-hydrogen) atoms. The molecule has 0 spiro atoms. The van der Waals surface area contributed by atoms with Crippen molar-refractivity contribution in [2.45, 2.75) is 6.41 Å². The maximum absolute atomic E-state index is 5.41. The van der Waals surface area contributed by atoms with E-state index in [0.717, 1.165) is 0 Å². The van der Waals surface area contributed by atoms with Crippen LogP contribution in [0.25, 0.3) is 0 Å². The van der Waals surface area contributed by atoms with Crippen LogP contribution in [-0.4, -0.2) is 66.1 Å². The average molecular weight is 207 g/mol. The highest BCUT2D eigenvalue weighted by Gasteiger charge is 2.11. The fourth-order valence-corrected chi connectivity index (χ4v) is 0.811. The molecule has 0 atom stereocenters. The summed E-state index contributed by atoms with van der Waals surface area (Å²) in [5.74, 6) is 0. The molecule has 0 aromatic heterocycles. The van der Waals surface area contributed by atoms with Crippen LogP contribution < -0.4 is 0 Å². The van der Waals surface area contributed by atoms with Gasteiger partial charge >= 0.3 is 0 Å². The normalized spacial score (nSPS) is 11.6. The Morgan fingerprint density at radius 3 is 1.57 bits per heavy atom. The minimum absolute atomic E-state index is 0.333. The lowest BCUT2D eigenvalue weighted by molar-refractivity contribution is -0.218. The molecule has 5 heteroatoms. The van der Waals surface area contributed by atoms with E-state index in [9.17, 15) is 0 Å². The van der Waals surface area contributed by atoms with Gasteiger partial charge in [-0.05, 0) is 14.1 Å². The summed E-state index contributed by atoms with van der Waals surface area (Å²) in [5.41, 5.74) is 0. The van der Waals surface area contributed by atoms with Gasteiger partial charge in [-0.25, -0.2) is 0 Å². The van der Waals surface area contributed by atoms with Crippen LogP contribution in [0.2, 0.25) is 0 Å². The second-order valence-corrected chi connectivity index (χ2v) is 3.00. The average Bonchev–Trinajstić information content (AvgIpc) is 2.15. The fourth-order valence-electron chi connectivity index (χ4n) is 0.811. The molecule has 0 rings (SSSR count). The molecule has 0 saturated heterocycles. The van der Waals surface area contributed by atoms with E-state index >= 15 is 0 Å². The van der Waals surface area contributed by atoms with Crippen molar-refractivity contribution in [3.05, 3.63) is 0 Å². The molecule has 86 valence electrons. The molecule has 0 aromatic carbocycles. The molecule has 0 fully saturated rings. The molecule has 0 heterocycles. The molecule has 0 amide bonds. The lowest BCUT2D eigenvalue weighted by Gasteiger charge is -2.24. The fraction of sp³-hybridized carbons (Fsp3) is 1.00. The van der Waals surface area contributed by atoms with E-state index < -0.39 is 0 Å². The van der Waals surface area contributed by atoms with Gasteiger partial charge in [0, 0.05) is 14.2 Å². The quantitative estimate of drug-likeness (QED) is 0.398. The second-order valence-electron chi connectivity index (χ2n) is 3.00. The lowest BCUT2D eigenvalue weighted by Crippen LogP contribution is -2.35. The van der Waals surface area contributed by atoms with Crippen molar-refractivity contribution < 1.29 is 18.9 Å². The molecule has 0 saturated carbocycles. The molecule has 0 bridgehead atoms. The maximum Gasteiger partial charge on any atom is 0.218 e. The van der Waals surface area contributed by atoms with Crippen LogP contribution in [0.3, 0.4) is 0 Å². The first-order valence-electron chi connectivity index (χ1n) is 4.60. The van der Waals surface area contributed by atoms with Crippen molar-refractivity contribution in [2.75, 3.05) is 54.7 Å². The predicted molar refractivity (Wildman–Crippen MR) is 53.1 cm³/mol. The van der Waals surface area contributed by atoms with Gasteiger partial charge in [-0.2, -0.15) is 0 Å². The monoisotopic (exact) mass is 207 g/mol. The number of rotatable bonds is 9. The summed E-state index contributed by atoms with van der Waals surface area (Å²) in [6, 6.07) is 0. The zero-order valence-electron chi connectivity index (χ0n) is 9.49. The SMILES string of the molecule is COCCOC(OCCOC)N(C)C. The number of hydrogen-bond donors (Lipinski definition) is 0. The molecular weight excluding hydrogens is 186 g/mol. The van der Waals surface area contributed by atoms with Crippen LogP contribution >= 0.6 is 0 Å². The van der Waals surface area contributed by atoms with E-state index in [1.807, 2.05) is 19.0 Å². The summed E-state index contributed by atoms with van der Waals surface area (Å²) >= 11 is 0. The molecular formula is C9H21NO4. The highest BCUT2D eigenvalue weighted by Crippen LogP contribution is 1.98. The second kappa shape index (κ2) is 9.36. The topological polar surface area (TPSA) is 40.2 Å². The minimum Gasteiger partial charge on any atom is -0.382 e. The highest BCUT2D eigenvalue weighted by molar-refractivity contribution is 4.41. The van der Waals surface area contributed by atoms with Crippen LogP contribution in [0, 0.1) is 0 Å². The van der Waals surface area contributed by atoms with Crippen LogP contribution in [0.1, 0.15) is 0 Å². The van der Waals surface area contributed by atoms with Crippen molar-refractivity contribution in [2.24, 2.45) is 0 Å². The van der Waals surface area contributed by atoms with Gasteiger partial charge in [-0.3, -0.25) is 4.90 Å². The van der Waals surface area contributed by atoms with Gasteiger partial charge in [-0.1, -0.05) is 0 Å². The van der Waals surface area contributed by atoms with E-state index in [2.05, 4.69) is 0 Å². The van der Waals surface area contributed by atoms with Crippen LogP contribution in [0.4, 0.5) is 0 Å². The Hall–Kier alpha value is -0.200. The molecule has 0 aliphatic heterocycles. The summed E-state index contributed by atoms with van der Waals surface area (Å²) in [6.45, 7) is 2.18. The van der Waals surface area contributed by atoms with Crippen molar-refractivity contribution >= 4 is 0 Å². The van der Waals surface area contributed by atoms with Crippen molar-refractivity contribution in [3.8, 4) is 0 Å². The van der Waals surface area contributed by atoms with Gasteiger partial charge in [0.2, 0.25) is 6.41 Å². The third-order valence-electron chi connectivity index (χ3n) is 1.52. The number of ether oxygens (including phenoxy) is 4. The van der Waals surface area contributed by atoms with Crippen molar-refractivity contribution in [3.63, 3.8) is 0 Å². The largest absolute Gasteiger partial charge is 0.382 e. The van der Waals surface area contributed by atoms with Gasteiger partial charge < -0.3 is 18.9 Å². The first-order chi connectivity index (χ1) is 6.72. The molecule has 0 aliphatic carbocycles. The van der Waals surface area contributed by atoms with E-state index in [0.29, 0.717) is 26.4 Å².